The van der Waals surface area contributed by atoms with Gasteiger partial charge in [-0.2, -0.15) is 0 Å². The van der Waals surface area contributed by atoms with Crippen LogP contribution in [0.15, 0.2) is 49.1 Å². The Balaban J connectivity index is 1.37. The number of amides is 2. The first kappa shape index (κ1) is 32.8. The lowest BCUT2D eigenvalue weighted by atomic mass is 10.1. The van der Waals surface area contributed by atoms with Crippen LogP contribution in [0, 0.1) is 0 Å². The van der Waals surface area contributed by atoms with Gasteiger partial charge in [-0.05, 0) is 18.6 Å². The number of hydrogen-bond acceptors (Lipinski definition) is 14. The summed E-state index contributed by atoms with van der Waals surface area (Å²) >= 11 is 0. The molecule has 4 heterocycles. The van der Waals surface area contributed by atoms with Gasteiger partial charge in [-0.1, -0.05) is 36.4 Å². The number of phosphoric acid groups is 1. The summed E-state index contributed by atoms with van der Waals surface area (Å²) in [5.74, 6) is -1.33. The van der Waals surface area contributed by atoms with Crippen LogP contribution in [0.3, 0.4) is 0 Å². The first-order chi connectivity index (χ1) is 21.4. The summed E-state index contributed by atoms with van der Waals surface area (Å²) in [7, 11) is -10.6. The van der Waals surface area contributed by atoms with E-state index in [9.17, 15) is 28.5 Å². The molecule has 0 saturated carbocycles. The van der Waals surface area contributed by atoms with Crippen molar-refractivity contribution in [3.05, 3.63) is 54.6 Å². The zero-order valence-electron chi connectivity index (χ0n) is 23.5. The Morgan fingerprint density at radius 2 is 1.87 bits per heavy atom. The van der Waals surface area contributed by atoms with Crippen molar-refractivity contribution in [2.24, 2.45) is 0 Å². The number of carboxylic acid groups (broad SMARTS) is 1. The number of anilines is 1. The van der Waals surface area contributed by atoms with E-state index in [2.05, 4.69) is 29.9 Å². The summed E-state index contributed by atoms with van der Waals surface area (Å²) in [6, 6.07) is 8.81. The fourth-order valence-corrected chi connectivity index (χ4v) is 7.15. The van der Waals surface area contributed by atoms with Gasteiger partial charge >= 0.3 is 12.0 Å². The summed E-state index contributed by atoms with van der Waals surface area (Å²) in [4.78, 5) is 59.8. The van der Waals surface area contributed by atoms with Crippen molar-refractivity contribution in [2.75, 3.05) is 24.6 Å². The van der Waals surface area contributed by atoms with Gasteiger partial charge in [0.2, 0.25) is 0 Å². The van der Waals surface area contributed by atoms with Gasteiger partial charge in [-0.3, -0.25) is 23.6 Å². The van der Waals surface area contributed by atoms with Crippen molar-refractivity contribution >= 4 is 50.5 Å². The first-order valence-corrected chi connectivity index (χ1v) is 16.7. The highest BCUT2D eigenvalue weighted by Crippen LogP contribution is 2.55. The molecule has 0 aliphatic carbocycles. The molecule has 3 aromatic rings. The average molecular weight is 666 g/mol. The zero-order chi connectivity index (χ0) is 32.2. The number of phosphoric ester groups is 1. The van der Waals surface area contributed by atoms with Crippen LogP contribution in [0.4, 0.5) is 10.6 Å². The fourth-order valence-electron chi connectivity index (χ4n) is 4.62. The van der Waals surface area contributed by atoms with Gasteiger partial charge < -0.3 is 43.5 Å². The molecular weight excluding hydrogens is 638 g/mol. The minimum atomic E-state index is -5.47. The highest BCUT2D eigenvalue weighted by atomic mass is 31.3. The second-order valence-electron chi connectivity index (χ2n) is 9.74. The largest absolute Gasteiger partial charge is 0.778 e. The van der Waals surface area contributed by atoms with E-state index < -0.39 is 77.4 Å². The monoisotopic (exact) mass is 666 g/mol. The van der Waals surface area contributed by atoms with E-state index in [1.807, 2.05) is 30.3 Å². The molecule has 0 bridgehead atoms. The zero-order valence-corrected chi connectivity index (χ0v) is 25.3. The molecule has 2 aliphatic heterocycles. The molecule has 2 aliphatic rings. The molecule has 3 N–H and O–H groups in total. The number of nitrogens with one attached hydrogen (secondary N) is 2. The van der Waals surface area contributed by atoms with E-state index in [1.54, 1.807) is 19.1 Å². The van der Waals surface area contributed by atoms with Crippen LogP contribution in [0.25, 0.3) is 17.2 Å². The summed E-state index contributed by atoms with van der Waals surface area (Å²) in [6.45, 7) is 1.39. The van der Waals surface area contributed by atoms with Crippen LogP contribution in [-0.4, -0.2) is 80.5 Å². The normalized spacial score (nSPS) is 25.5. The van der Waals surface area contributed by atoms with Gasteiger partial charge in [-0.25, -0.2) is 19.7 Å². The summed E-state index contributed by atoms with van der Waals surface area (Å²) in [5.41, 5.74) is 1.35. The number of hydrogen-bond donors (Lipinski definition) is 3. The fraction of sp³-hybridized carbons (Fsp3) is 0.400. The molecule has 2 aromatic heterocycles. The Morgan fingerprint density at radius 1 is 1.11 bits per heavy atom. The van der Waals surface area contributed by atoms with Gasteiger partial charge in [-0.15, -0.1) is 0 Å². The first-order valence-electron chi connectivity index (χ1n) is 13.6. The van der Waals surface area contributed by atoms with E-state index in [-0.39, 0.29) is 17.0 Å². The van der Waals surface area contributed by atoms with E-state index in [0.29, 0.717) is 6.54 Å². The molecule has 5 rings (SSSR count). The predicted molar refractivity (Wildman–Crippen MR) is 150 cm³/mol. The lowest BCUT2D eigenvalue weighted by Gasteiger charge is -2.31. The Kier molecular flexibility index (Phi) is 10.1. The molecule has 1 aromatic carbocycles. The number of aromatic nitrogens is 4. The van der Waals surface area contributed by atoms with Gasteiger partial charge in [0, 0.05) is 12.7 Å². The number of benzene rings is 1. The Labute approximate surface area is 255 Å². The van der Waals surface area contributed by atoms with Gasteiger partial charge in [0.25, 0.3) is 7.82 Å². The lowest BCUT2D eigenvalue weighted by molar-refractivity contribution is -0.234. The maximum atomic E-state index is 12.4. The number of imidazole rings is 1. The van der Waals surface area contributed by atoms with Crippen molar-refractivity contribution in [1.29, 1.82) is 0 Å². The Morgan fingerprint density at radius 3 is 2.60 bits per heavy atom. The summed E-state index contributed by atoms with van der Waals surface area (Å²) < 4.78 is 53.1. The topological polar surface area (TPSA) is 248 Å². The SMILES string of the molecule is CCNC(=O)Nc1ncnc2c1ncn2[C@@H]1O[C@H](COP(=O)([O-])OP(=O)([O-])CCC(=O)O)C2O[C@H](/C=C/c3ccccc3)OC21. The van der Waals surface area contributed by atoms with Crippen molar-refractivity contribution < 1.29 is 56.7 Å². The third-order valence-corrected chi connectivity index (χ3v) is 9.57. The maximum Gasteiger partial charge on any atom is 0.320 e. The van der Waals surface area contributed by atoms with E-state index in [0.717, 1.165) is 5.56 Å². The molecule has 4 unspecified atom stereocenters. The molecule has 242 valence electrons. The molecule has 2 fully saturated rings. The molecule has 18 nitrogen and oxygen atoms in total. The van der Waals surface area contributed by atoms with Crippen molar-refractivity contribution in [1.82, 2.24) is 24.8 Å². The van der Waals surface area contributed by atoms with Crippen molar-refractivity contribution in [3.63, 3.8) is 0 Å². The highest BCUT2D eigenvalue weighted by Gasteiger charge is 2.53. The lowest BCUT2D eigenvalue weighted by Crippen LogP contribution is -2.32. The number of carbonyl (C=O) groups excluding carboxylic acids is 1. The average Bonchev–Trinajstić information content (AvgIpc) is 3.68. The summed E-state index contributed by atoms with van der Waals surface area (Å²) in [5, 5.41) is 13.9. The summed E-state index contributed by atoms with van der Waals surface area (Å²) in [6.07, 6.45) is -0.678. The van der Waals surface area contributed by atoms with Crippen LogP contribution >= 0.6 is 15.4 Å². The van der Waals surface area contributed by atoms with Gasteiger partial charge in [0.1, 0.15) is 32.2 Å². The quantitative estimate of drug-likeness (QED) is 0.217. The second kappa shape index (κ2) is 13.8. The molecule has 0 radical (unpaired) electrons. The molecule has 0 spiro atoms. The molecule has 7 atom stereocenters. The number of urea groups is 1. The van der Waals surface area contributed by atoms with Crippen molar-refractivity contribution in [3.8, 4) is 0 Å². The smallest absolute Gasteiger partial charge is 0.320 e. The third kappa shape index (κ3) is 8.18. The third-order valence-electron chi connectivity index (χ3n) is 6.54. The van der Waals surface area contributed by atoms with Crippen LogP contribution in [0.5, 0.6) is 0 Å². The molecular formula is C25H28N6O12P2-2. The van der Waals surface area contributed by atoms with Gasteiger partial charge in [0.05, 0.1) is 19.4 Å². The van der Waals surface area contributed by atoms with Crippen LogP contribution < -0.4 is 20.4 Å². The number of nitrogens with zero attached hydrogens (tertiary/aromatic N) is 4. The van der Waals surface area contributed by atoms with Crippen LogP contribution in [0.2, 0.25) is 0 Å². The van der Waals surface area contributed by atoms with Gasteiger partial charge in [0.15, 0.2) is 29.5 Å². The maximum absolute atomic E-state index is 12.4. The molecule has 45 heavy (non-hydrogen) atoms. The molecule has 2 saturated heterocycles. The predicted octanol–water partition coefficient (Wildman–Crippen LogP) is 1.22. The Bertz CT molecular complexity index is 1660. The van der Waals surface area contributed by atoms with E-state index >= 15 is 0 Å². The minimum Gasteiger partial charge on any atom is -0.778 e. The standard InChI is InChI=1S/C25H30N6O12P2/c1-2-26-25(34)30-22-19-23(28-13-27-22)31(14-29-19)24-21-20(41-18(42-21)9-8-15-6-4-3-5-7-15)16(40-24)12-39-45(37,38)43-44(35,36)11-10-17(32)33/h3-9,13-14,16,18,20-21,24H,2,10-12H2,1H3,(H,32,33)(H,35,36)(H,37,38)(H2,26,27,28,30,34)/p-2/b9-8+/t16-,18+,20?,21?,24-/m1/s1. The highest BCUT2D eigenvalue weighted by molar-refractivity contribution is 7.62. The molecule has 20 heteroatoms. The molecule has 2 amide bonds. The van der Waals surface area contributed by atoms with E-state index in [1.165, 1.54) is 17.2 Å². The number of rotatable bonds is 13. The number of ether oxygens (including phenoxy) is 3. The number of aliphatic carboxylic acids is 1. The second-order valence-corrected chi connectivity index (χ2v) is 13.2. The number of carbonyl (C=O) groups is 2. The van der Waals surface area contributed by atoms with Crippen LogP contribution in [0.1, 0.15) is 25.1 Å². The minimum absolute atomic E-state index is 0.126. The van der Waals surface area contributed by atoms with Crippen molar-refractivity contribution in [2.45, 2.75) is 44.2 Å². The number of fused-ring (bicyclic) bond motifs is 2. The van der Waals surface area contributed by atoms with Crippen LogP contribution in [-0.2, 0) is 37.0 Å². The van der Waals surface area contributed by atoms with E-state index in [4.69, 9.17) is 23.8 Å². The number of carboxylic acids is 1. The Hall–Kier alpha value is -3.57.